The zero-order valence-corrected chi connectivity index (χ0v) is 17.6. The number of amides is 1. The Morgan fingerprint density at radius 3 is 2.90 bits per heavy atom. The summed E-state index contributed by atoms with van der Waals surface area (Å²) in [4.78, 5) is 33.4. The molecule has 1 aliphatic carbocycles. The summed E-state index contributed by atoms with van der Waals surface area (Å²) in [6.45, 7) is 1.92. The number of thiophene rings is 1. The number of carbonyl (C=O) groups is 2. The monoisotopic (exact) mass is 431 g/mol. The van der Waals surface area contributed by atoms with Crippen molar-refractivity contribution in [2.45, 2.75) is 44.2 Å². The van der Waals surface area contributed by atoms with E-state index in [0.717, 1.165) is 43.0 Å². The molecule has 1 amide bonds. The van der Waals surface area contributed by atoms with Gasteiger partial charge in [0.25, 0.3) is 0 Å². The maximum Gasteiger partial charge on any atom is 0.343 e. The number of nitrogens with one attached hydrogen (secondary N) is 1. The number of nitriles is 1. The molecule has 0 fully saturated rings. The van der Waals surface area contributed by atoms with Crippen LogP contribution in [-0.4, -0.2) is 34.2 Å². The molecule has 2 aromatic heterocycles. The first-order chi connectivity index (χ1) is 14.0. The first-order valence-corrected chi connectivity index (χ1v) is 11.1. The van der Waals surface area contributed by atoms with Crippen LogP contribution in [-0.2, 0) is 22.4 Å². The van der Waals surface area contributed by atoms with E-state index < -0.39 is 5.97 Å². The number of thioether (sulfide) groups is 1. The summed E-state index contributed by atoms with van der Waals surface area (Å²) in [5.41, 5.74) is 7.56. The van der Waals surface area contributed by atoms with E-state index in [4.69, 9.17) is 10.5 Å². The number of anilines is 2. The minimum atomic E-state index is -0.583. The predicted octanol–water partition coefficient (Wildman–Crippen LogP) is 3.17. The zero-order chi connectivity index (χ0) is 20.8. The van der Waals surface area contributed by atoms with Crippen molar-refractivity contribution in [2.75, 3.05) is 23.4 Å². The summed E-state index contributed by atoms with van der Waals surface area (Å²) in [7, 11) is 0. The van der Waals surface area contributed by atoms with E-state index in [1.807, 2.05) is 0 Å². The molecule has 29 heavy (non-hydrogen) atoms. The van der Waals surface area contributed by atoms with Crippen molar-refractivity contribution in [3.8, 4) is 6.07 Å². The number of aryl methyl sites for hydroxylation is 1. The molecule has 3 rings (SSSR count). The van der Waals surface area contributed by atoms with Crippen LogP contribution in [0.3, 0.4) is 0 Å². The first kappa shape index (κ1) is 21.1. The average molecular weight is 432 g/mol. The number of nitrogen functional groups attached to an aromatic ring is 1. The van der Waals surface area contributed by atoms with Crippen LogP contribution in [0, 0.1) is 11.3 Å². The van der Waals surface area contributed by atoms with Crippen LogP contribution < -0.4 is 11.1 Å². The van der Waals surface area contributed by atoms with Gasteiger partial charge in [-0.25, -0.2) is 14.8 Å². The summed E-state index contributed by atoms with van der Waals surface area (Å²) in [5, 5.41) is 13.3. The molecule has 0 bridgehead atoms. The predicted molar refractivity (Wildman–Crippen MR) is 112 cm³/mol. The number of ether oxygens (including phenoxy) is 1. The van der Waals surface area contributed by atoms with Crippen molar-refractivity contribution in [3.63, 3.8) is 0 Å². The quantitative estimate of drug-likeness (QED) is 0.309. The molecule has 0 aliphatic heterocycles. The van der Waals surface area contributed by atoms with Crippen LogP contribution in [0.4, 0.5) is 10.8 Å². The second-order valence-electron chi connectivity index (χ2n) is 6.39. The molecule has 152 valence electrons. The molecular formula is C19H21N5O3S2. The van der Waals surface area contributed by atoms with Crippen molar-refractivity contribution < 1.29 is 14.3 Å². The summed E-state index contributed by atoms with van der Waals surface area (Å²) < 4.78 is 4.88. The maximum atomic E-state index is 12.4. The van der Waals surface area contributed by atoms with E-state index in [-0.39, 0.29) is 34.8 Å². The van der Waals surface area contributed by atoms with Gasteiger partial charge in [0, 0.05) is 11.1 Å². The Hall–Kier alpha value is -2.64. The molecule has 3 N–H and O–H groups in total. The highest BCUT2D eigenvalue weighted by molar-refractivity contribution is 7.99. The van der Waals surface area contributed by atoms with E-state index in [0.29, 0.717) is 10.6 Å². The number of hydrogen-bond donors (Lipinski definition) is 2. The fourth-order valence-corrected chi connectivity index (χ4v) is 4.93. The Morgan fingerprint density at radius 1 is 1.38 bits per heavy atom. The van der Waals surface area contributed by atoms with Crippen molar-refractivity contribution in [1.82, 2.24) is 9.97 Å². The number of nitrogens with two attached hydrogens (primary N) is 1. The number of fused-ring (bicyclic) bond motifs is 1. The third-order valence-corrected chi connectivity index (χ3v) is 6.48. The van der Waals surface area contributed by atoms with Gasteiger partial charge in [0.1, 0.15) is 22.5 Å². The molecule has 2 aromatic rings. The lowest BCUT2D eigenvalue weighted by Crippen LogP contribution is -2.15. The van der Waals surface area contributed by atoms with Gasteiger partial charge in [-0.1, -0.05) is 18.2 Å². The van der Waals surface area contributed by atoms with Crippen molar-refractivity contribution in [2.24, 2.45) is 0 Å². The number of esters is 1. The summed E-state index contributed by atoms with van der Waals surface area (Å²) in [6.07, 6.45) is 6.50. The zero-order valence-electron chi connectivity index (χ0n) is 16.0. The number of carbonyl (C=O) groups excluding carboxylic acids is 2. The highest BCUT2D eigenvalue weighted by Gasteiger charge is 2.21. The molecule has 10 heteroatoms. The highest BCUT2D eigenvalue weighted by Crippen LogP contribution is 2.37. The van der Waals surface area contributed by atoms with Crippen LogP contribution in [0.2, 0.25) is 0 Å². The van der Waals surface area contributed by atoms with E-state index in [1.54, 1.807) is 6.92 Å². The Morgan fingerprint density at radius 2 is 2.17 bits per heavy atom. The van der Waals surface area contributed by atoms with Gasteiger partial charge in [0.15, 0.2) is 5.16 Å². The SMILES string of the molecule is CCOC(=O)c1cnc(SCC(=O)Nc2sc3c(c2C#N)CCCCC3)nc1N. The summed E-state index contributed by atoms with van der Waals surface area (Å²) >= 11 is 2.60. The third-order valence-electron chi connectivity index (χ3n) is 4.41. The number of aromatic nitrogens is 2. The van der Waals surface area contributed by atoms with E-state index in [9.17, 15) is 14.9 Å². The minimum absolute atomic E-state index is 0.00937. The van der Waals surface area contributed by atoms with Gasteiger partial charge in [-0.05, 0) is 38.2 Å². The third kappa shape index (κ3) is 5.05. The minimum Gasteiger partial charge on any atom is -0.462 e. The average Bonchev–Trinajstić information content (AvgIpc) is 2.85. The number of hydrogen-bond acceptors (Lipinski definition) is 9. The van der Waals surface area contributed by atoms with Crippen LogP contribution in [0.5, 0.6) is 0 Å². The largest absolute Gasteiger partial charge is 0.462 e. The number of nitrogens with zero attached hydrogens (tertiary/aromatic N) is 3. The van der Waals surface area contributed by atoms with Gasteiger partial charge >= 0.3 is 5.97 Å². The fourth-order valence-electron chi connectivity index (χ4n) is 3.06. The van der Waals surface area contributed by atoms with Gasteiger partial charge in [0.05, 0.1) is 17.9 Å². The molecule has 0 atom stereocenters. The molecular weight excluding hydrogens is 410 g/mol. The van der Waals surface area contributed by atoms with Crippen LogP contribution in [0.1, 0.15) is 52.5 Å². The lowest BCUT2D eigenvalue weighted by atomic mass is 10.1. The highest BCUT2D eigenvalue weighted by atomic mass is 32.2. The second-order valence-corrected chi connectivity index (χ2v) is 8.44. The van der Waals surface area contributed by atoms with E-state index >= 15 is 0 Å². The molecule has 0 aromatic carbocycles. The smallest absolute Gasteiger partial charge is 0.343 e. The Labute approximate surface area is 176 Å². The van der Waals surface area contributed by atoms with Crippen LogP contribution in [0.15, 0.2) is 11.4 Å². The molecule has 0 spiro atoms. The van der Waals surface area contributed by atoms with E-state index in [1.165, 1.54) is 28.8 Å². The molecule has 0 radical (unpaired) electrons. The molecule has 1 aliphatic rings. The Bertz CT molecular complexity index is 967. The van der Waals surface area contributed by atoms with Crippen molar-refractivity contribution in [3.05, 3.63) is 27.8 Å². The topological polar surface area (TPSA) is 131 Å². The molecule has 0 saturated carbocycles. The lowest BCUT2D eigenvalue weighted by molar-refractivity contribution is -0.113. The van der Waals surface area contributed by atoms with Crippen LogP contribution in [0.25, 0.3) is 0 Å². The summed E-state index contributed by atoms with van der Waals surface area (Å²) in [5.74, 6) is -0.763. The van der Waals surface area contributed by atoms with Crippen molar-refractivity contribution in [1.29, 1.82) is 5.26 Å². The lowest BCUT2D eigenvalue weighted by Gasteiger charge is -2.06. The molecule has 0 saturated heterocycles. The van der Waals surface area contributed by atoms with Gasteiger partial charge in [0.2, 0.25) is 5.91 Å². The molecule has 0 unspecified atom stereocenters. The second kappa shape index (κ2) is 9.71. The van der Waals surface area contributed by atoms with Gasteiger partial charge in [-0.3, -0.25) is 4.79 Å². The standard InChI is InChI=1S/C19H21N5O3S2/c1-2-27-18(26)13-9-22-19(24-16(13)21)28-10-15(25)23-17-12(8-20)11-6-4-3-5-7-14(11)29-17/h9H,2-7,10H2,1H3,(H,23,25)(H2,21,22,24). The van der Waals surface area contributed by atoms with Gasteiger partial charge in [-0.2, -0.15) is 5.26 Å². The maximum absolute atomic E-state index is 12.4. The Kier molecular flexibility index (Phi) is 7.06. The molecule has 2 heterocycles. The molecule has 8 nitrogen and oxygen atoms in total. The normalized spacial score (nSPS) is 13.1. The van der Waals surface area contributed by atoms with Gasteiger partial charge < -0.3 is 15.8 Å². The Balaban J connectivity index is 1.63. The summed E-state index contributed by atoms with van der Waals surface area (Å²) in [6, 6.07) is 2.25. The van der Waals surface area contributed by atoms with Gasteiger partial charge in [-0.15, -0.1) is 11.3 Å². The van der Waals surface area contributed by atoms with Crippen molar-refractivity contribution >= 4 is 45.8 Å². The fraction of sp³-hybridized carbons (Fsp3) is 0.421. The first-order valence-electron chi connectivity index (χ1n) is 9.30. The van der Waals surface area contributed by atoms with Crippen LogP contribution >= 0.6 is 23.1 Å². The number of rotatable bonds is 6. The van der Waals surface area contributed by atoms with E-state index in [2.05, 4.69) is 21.4 Å².